The minimum absolute atomic E-state index is 0.0470. The summed E-state index contributed by atoms with van der Waals surface area (Å²) in [4.78, 5) is 16.6. The number of benzene rings is 2. The lowest BCUT2D eigenvalue weighted by molar-refractivity contribution is 0.0952. The Hall–Kier alpha value is -3.34. The molecule has 0 saturated carbocycles. The molecule has 3 aromatic rings. The summed E-state index contributed by atoms with van der Waals surface area (Å²) < 4.78 is 5.84. The summed E-state index contributed by atoms with van der Waals surface area (Å²) in [5, 5.41) is 6.37. The molecule has 1 amide bonds. The summed E-state index contributed by atoms with van der Waals surface area (Å²) in [6.07, 6.45) is 2.73. The lowest BCUT2D eigenvalue weighted by Crippen LogP contribution is -2.25. The summed E-state index contributed by atoms with van der Waals surface area (Å²) >= 11 is 0. The minimum Gasteiger partial charge on any atom is -0.487 e. The average molecular weight is 404 g/mol. The van der Waals surface area contributed by atoms with Crippen LogP contribution in [0.15, 0.2) is 66.9 Å². The van der Waals surface area contributed by atoms with E-state index >= 15 is 0 Å². The quantitative estimate of drug-likeness (QED) is 0.496. The molecule has 0 unspecified atom stereocenters. The highest BCUT2D eigenvalue weighted by Crippen LogP contribution is 2.25. The van der Waals surface area contributed by atoms with Crippen molar-refractivity contribution < 1.29 is 9.53 Å². The topological polar surface area (TPSA) is 63.2 Å². The van der Waals surface area contributed by atoms with Crippen LogP contribution in [0.1, 0.15) is 41.9 Å². The van der Waals surface area contributed by atoms with Crippen molar-refractivity contribution in [1.29, 1.82) is 0 Å². The zero-order chi connectivity index (χ0) is 21.3. The number of nitrogens with zero attached hydrogens (tertiary/aromatic N) is 1. The monoisotopic (exact) mass is 403 g/mol. The third-order valence-electron chi connectivity index (χ3n) is 4.72. The van der Waals surface area contributed by atoms with Crippen LogP contribution in [-0.4, -0.2) is 17.4 Å². The van der Waals surface area contributed by atoms with Crippen LogP contribution in [0.25, 0.3) is 0 Å². The molecule has 0 aliphatic rings. The van der Waals surface area contributed by atoms with Crippen LogP contribution in [-0.2, 0) is 6.61 Å². The predicted octanol–water partition coefficient (Wildman–Crippen LogP) is 5.49. The van der Waals surface area contributed by atoms with Gasteiger partial charge in [0.15, 0.2) is 0 Å². The van der Waals surface area contributed by atoms with Crippen LogP contribution in [0.3, 0.4) is 0 Å². The van der Waals surface area contributed by atoms with Crippen LogP contribution >= 0.6 is 0 Å². The van der Waals surface area contributed by atoms with E-state index < -0.39 is 0 Å². The molecule has 5 heteroatoms. The number of carbonyl (C=O) groups excluding carboxylic acids is 1. The van der Waals surface area contributed by atoms with E-state index in [0.29, 0.717) is 24.6 Å². The van der Waals surface area contributed by atoms with Gasteiger partial charge in [0.05, 0.1) is 5.69 Å². The van der Waals surface area contributed by atoms with E-state index in [2.05, 4.69) is 29.5 Å². The fourth-order valence-corrected chi connectivity index (χ4v) is 2.98. The summed E-state index contributed by atoms with van der Waals surface area (Å²) in [5.74, 6) is 1.31. The average Bonchev–Trinajstić information content (AvgIpc) is 2.74. The molecule has 0 spiro atoms. The van der Waals surface area contributed by atoms with Crippen molar-refractivity contribution in [2.24, 2.45) is 5.92 Å². The Balaban J connectivity index is 1.61. The molecule has 5 nitrogen and oxygen atoms in total. The maximum atomic E-state index is 12.4. The van der Waals surface area contributed by atoms with Crippen molar-refractivity contribution in [3.8, 4) is 5.75 Å². The molecule has 2 N–H and O–H groups in total. The third-order valence-corrected chi connectivity index (χ3v) is 4.72. The standard InChI is InChI=1S/C25H29N3O2/c1-18(2)12-14-27-25(29)20-7-6-9-21(16-20)28-24-11-10-23(15-19(24)3)30-17-22-8-4-5-13-26-22/h4-11,13,15-16,18,28H,12,14,17H2,1-3H3,(H,27,29). The van der Waals surface area contributed by atoms with E-state index in [0.717, 1.165) is 34.8 Å². The van der Waals surface area contributed by atoms with Crippen molar-refractivity contribution in [2.45, 2.75) is 33.8 Å². The van der Waals surface area contributed by atoms with Crippen molar-refractivity contribution in [1.82, 2.24) is 10.3 Å². The first kappa shape index (κ1) is 21.4. The highest BCUT2D eigenvalue weighted by molar-refractivity contribution is 5.95. The second-order valence-electron chi connectivity index (χ2n) is 7.73. The van der Waals surface area contributed by atoms with E-state index in [4.69, 9.17) is 4.74 Å². The maximum Gasteiger partial charge on any atom is 0.251 e. The first-order valence-corrected chi connectivity index (χ1v) is 10.3. The van der Waals surface area contributed by atoms with E-state index in [1.54, 1.807) is 6.20 Å². The zero-order valence-corrected chi connectivity index (χ0v) is 17.8. The number of nitrogens with one attached hydrogen (secondary N) is 2. The van der Waals surface area contributed by atoms with Gasteiger partial charge >= 0.3 is 0 Å². The maximum absolute atomic E-state index is 12.4. The number of aromatic nitrogens is 1. The number of carbonyl (C=O) groups is 1. The minimum atomic E-state index is -0.0470. The Bertz CT molecular complexity index is 971. The summed E-state index contributed by atoms with van der Waals surface area (Å²) in [6.45, 7) is 7.44. The molecule has 0 saturated heterocycles. The Labute approximate surface area is 178 Å². The SMILES string of the molecule is Cc1cc(OCc2ccccn2)ccc1Nc1cccc(C(=O)NCCC(C)C)c1. The molecule has 0 bridgehead atoms. The van der Waals surface area contributed by atoms with Crippen molar-refractivity contribution in [3.05, 3.63) is 83.7 Å². The summed E-state index contributed by atoms with van der Waals surface area (Å²) in [5.41, 5.74) is 4.44. The van der Waals surface area contributed by atoms with Crippen LogP contribution in [0.2, 0.25) is 0 Å². The van der Waals surface area contributed by atoms with Gasteiger partial charge < -0.3 is 15.4 Å². The molecule has 1 heterocycles. The molecular weight excluding hydrogens is 374 g/mol. The van der Waals surface area contributed by atoms with Crippen LogP contribution in [0.5, 0.6) is 5.75 Å². The molecule has 0 radical (unpaired) electrons. The van der Waals surface area contributed by atoms with Crippen molar-refractivity contribution in [2.75, 3.05) is 11.9 Å². The molecule has 3 rings (SSSR count). The molecule has 0 fully saturated rings. The first-order chi connectivity index (χ1) is 14.5. The van der Waals surface area contributed by atoms with Gasteiger partial charge in [0, 0.05) is 29.7 Å². The largest absolute Gasteiger partial charge is 0.487 e. The predicted molar refractivity (Wildman–Crippen MR) is 121 cm³/mol. The Morgan fingerprint density at radius 1 is 1.07 bits per heavy atom. The lowest BCUT2D eigenvalue weighted by atomic mass is 10.1. The van der Waals surface area contributed by atoms with Gasteiger partial charge in [-0.05, 0) is 73.4 Å². The number of hydrogen-bond acceptors (Lipinski definition) is 4. The zero-order valence-electron chi connectivity index (χ0n) is 17.8. The van der Waals surface area contributed by atoms with Crippen molar-refractivity contribution >= 4 is 17.3 Å². The molecule has 0 aliphatic heterocycles. The summed E-state index contributed by atoms with van der Waals surface area (Å²) in [6, 6.07) is 19.2. The van der Waals surface area contributed by atoms with E-state index in [9.17, 15) is 4.79 Å². The molecule has 1 aromatic heterocycles. The van der Waals surface area contributed by atoms with E-state index in [-0.39, 0.29) is 5.91 Å². The van der Waals surface area contributed by atoms with Gasteiger partial charge in [-0.15, -0.1) is 0 Å². The number of amides is 1. The van der Waals surface area contributed by atoms with Crippen LogP contribution in [0.4, 0.5) is 11.4 Å². The Morgan fingerprint density at radius 2 is 1.93 bits per heavy atom. The number of pyridine rings is 1. The Kier molecular flexibility index (Phi) is 7.44. The second-order valence-corrected chi connectivity index (χ2v) is 7.73. The number of anilines is 2. The number of aryl methyl sites for hydroxylation is 1. The van der Waals surface area contributed by atoms with Crippen molar-refractivity contribution in [3.63, 3.8) is 0 Å². The van der Waals surface area contributed by atoms with Gasteiger partial charge in [0.2, 0.25) is 0 Å². The number of hydrogen-bond donors (Lipinski definition) is 2. The molecule has 0 atom stereocenters. The molecule has 30 heavy (non-hydrogen) atoms. The number of ether oxygens (including phenoxy) is 1. The van der Waals surface area contributed by atoms with Gasteiger partial charge in [-0.25, -0.2) is 0 Å². The molecule has 0 aliphatic carbocycles. The van der Waals surface area contributed by atoms with Crippen LogP contribution < -0.4 is 15.4 Å². The second kappa shape index (κ2) is 10.4. The van der Waals surface area contributed by atoms with E-state index in [1.165, 1.54) is 0 Å². The molecule has 2 aromatic carbocycles. The highest BCUT2D eigenvalue weighted by atomic mass is 16.5. The normalized spacial score (nSPS) is 10.7. The smallest absolute Gasteiger partial charge is 0.251 e. The fraction of sp³-hybridized carbons (Fsp3) is 0.280. The molecular formula is C25H29N3O2. The van der Waals surface area contributed by atoms with Gasteiger partial charge in [0.25, 0.3) is 5.91 Å². The van der Waals surface area contributed by atoms with E-state index in [1.807, 2.05) is 67.6 Å². The summed E-state index contributed by atoms with van der Waals surface area (Å²) in [7, 11) is 0. The highest BCUT2D eigenvalue weighted by Gasteiger charge is 2.08. The fourth-order valence-electron chi connectivity index (χ4n) is 2.98. The van der Waals surface area contributed by atoms with Crippen LogP contribution in [0, 0.1) is 12.8 Å². The van der Waals surface area contributed by atoms with Gasteiger partial charge in [-0.2, -0.15) is 0 Å². The number of rotatable bonds is 9. The van der Waals surface area contributed by atoms with Gasteiger partial charge in [0.1, 0.15) is 12.4 Å². The molecule has 156 valence electrons. The first-order valence-electron chi connectivity index (χ1n) is 10.3. The Morgan fingerprint density at radius 3 is 2.67 bits per heavy atom. The third kappa shape index (κ3) is 6.34. The van der Waals surface area contributed by atoms with Gasteiger partial charge in [-0.3, -0.25) is 9.78 Å². The lowest BCUT2D eigenvalue weighted by Gasteiger charge is -2.13. The van der Waals surface area contributed by atoms with Gasteiger partial charge in [-0.1, -0.05) is 26.0 Å².